The molecule has 8 heteroatoms. The minimum atomic E-state index is -3.05. The molecule has 1 N–H and O–H groups in total. The smallest absolute Gasteiger partial charge is 0.230 e. The van der Waals surface area contributed by atoms with Crippen LogP contribution in [0.4, 0.5) is 0 Å². The van der Waals surface area contributed by atoms with E-state index < -0.39 is 15.4 Å². The maximum absolute atomic E-state index is 12.3. The second kappa shape index (κ2) is 7.67. The van der Waals surface area contributed by atoms with Gasteiger partial charge in [-0.1, -0.05) is 37.7 Å². The van der Waals surface area contributed by atoms with Gasteiger partial charge in [0.2, 0.25) is 5.91 Å². The first-order valence-corrected chi connectivity index (χ1v) is 11.8. The van der Waals surface area contributed by atoms with Gasteiger partial charge < -0.3 is 5.32 Å². The van der Waals surface area contributed by atoms with E-state index in [4.69, 9.17) is 0 Å². The first kappa shape index (κ1) is 19.9. The Bertz CT molecular complexity index is 920. The number of imidazole rings is 1. The fourth-order valence-electron chi connectivity index (χ4n) is 3.22. The molecule has 0 aliphatic carbocycles. The lowest BCUT2D eigenvalue weighted by molar-refractivity contribution is -0.120. The Kier molecular flexibility index (Phi) is 5.67. The molecule has 0 saturated carbocycles. The molecule has 1 aliphatic heterocycles. The third-order valence-electron chi connectivity index (χ3n) is 4.72. The Labute approximate surface area is 164 Å². The van der Waals surface area contributed by atoms with Crippen LogP contribution in [0.5, 0.6) is 0 Å². The minimum Gasteiger partial charge on any atom is -0.349 e. The number of rotatable bonds is 6. The highest BCUT2D eigenvalue weighted by Gasteiger charge is 2.39. The zero-order chi connectivity index (χ0) is 19.7. The predicted molar refractivity (Wildman–Crippen MR) is 108 cm³/mol. The van der Waals surface area contributed by atoms with Crippen LogP contribution >= 0.6 is 11.8 Å². The highest BCUT2D eigenvalue weighted by atomic mass is 32.2. The molecule has 0 radical (unpaired) electrons. The largest absolute Gasteiger partial charge is 0.349 e. The van der Waals surface area contributed by atoms with E-state index in [9.17, 15) is 13.2 Å². The molecule has 146 valence electrons. The average Bonchev–Trinajstić information content (AvgIpc) is 3.16. The van der Waals surface area contributed by atoms with Crippen molar-refractivity contribution in [2.24, 2.45) is 0 Å². The van der Waals surface area contributed by atoms with Crippen LogP contribution in [0.1, 0.15) is 38.7 Å². The zero-order valence-corrected chi connectivity index (χ0v) is 17.4. The molecular formula is C19H25N3O3S2. The first-order valence-electron chi connectivity index (χ1n) is 8.95. The summed E-state index contributed by atoms with van der Waals surface area (Å²) in [5.74, 6) is 0.627. The number of sulfone groups is 1. The molecule has 2 heterocycles. The maximum Gasteiger partial charge on any atom is 0.230 e. The second-order valence-corrected chi connectivity index (χ2v) is 10.7. The predicted octanol–water partition coefficient (Wildman–Crippen LogP) is 2.78. The fourth-order valence-corrected chi connectivity index (χ4v) is 6.09. The van der Waals surface area contributed by atoms with Gasteiger partial charge in [-0.05, 0) is 37.0 Å². The SMILES string of the molecule is CC(C)c1ccc(-n2ccnc2SCC(=O)NC2(C)CCS(=O)(=O)C2)cc1. The molecule has 3 rings (SSSR count). The molecule has 1 fully saturated rings. The molecule has 1 saturated heterocycles. The first-order chi connectivity index (χ1) is 12.7. The van der Waals surface area contributed by atoms with Crippen LogP contribution in [0.3, 0.4) is 0 Å². The number of hydrogen-bond acceptors (Lipinski definition) is 5. The number of carbonyl (C=O) groups is 1. The number of hydrogen-bond donors (Lipinski definition) is 1. The van der Waals surface area contributed by atoms with Gasteiger partial charge in [0.05, 0.1) is 22.8 Å². The summed E-state index contributed by atoms with van der Waals surface area (Å²) in [6.07, 6.45) is 4.04. The Morgan fingerprint density at radius 2 is 2.04 bits per heavy atom. The summed E-state index contributed by atoms with van der Waals surface area (Å²) in [6.45, 7) is 6.10. The molecule has 2 aromatic rings. The van der Waals surface area contributed by atoms with E-state index in [1.165, 1.54) is 17.3 Å². The van der Waals surface area contributed by atoms with Crippen molar-refractivity contribution in [3.05, 3.63) is 42.2 Å². The molecular weight excluding hydrogens is 382 g/mol. The maximum atomic E-state index is 12.3. The van der Waals surface area contributed by atoms with Gasteiger partial charge in [-0.3, -0.25) is 9.36 Å². The molecule has 1 aliphatic rings. The van der Waals surface area contributed by atoms with Gasteiger partial charge in [0.1, 0.15) is 0 Å². The van der Waals surface area contributed by atoms with Crippen molar-refractivity contribution in [3.63, 3.8) is 0 Å². The van der Waals surface area contributed by atoms with E-state index in [0.29, 0.717) is 12.3 Å². The molecule has 1 atom stereocenters. The van der Waals surface area contributed by atoms with E-state index in [2.05, 4.69) is 36.3 Å². The van der Waals surface area contributed by atoms with Crippen molar-refractivity contribution in [2.45, 2.75) is 43.8 Å². The van der Waals surface area contributed by atoms with Gasteiger partial charge in [0.15, 0.2) is 15.0 Å². The summed E-state index contributed by atoms with van der Waals surface area (Å²) in [6, 6.07) is 8.29. The number of benzene rings is 1. The summed E-state index contributed by atoms with van der Waals surface area (Å²) in [4.78, 5) is 16.7. The van der Waals surface area contributed by atoms with Crippen LogP contribution in [0.25, 0.3) is 5.69 Å². The van der Waals surface area contributed by atoms with E-state index in [-0.39, 0.29) is 23.2 Å². The number of amides is 1. The monoisotopic (exact) mass is 407 g/mol. The summed E-state index contributed by atoms with van der Waals surface area (Å²) in [5.41, 5.74) is 1.60. The van der Waals surface area contributed by atoms with E-state index in [0.717, 1.165) is 10.8 Å². The van der Waals surface area contributed by atoms with E-state index in [1.54, 1.807) is 13.1 Å². The number of nitrogens with one attached hydrogen (secondary N) is 1. The highest BCUT2D eigenvalue weighted by molar-refractivity contribution is 7.99. The Balaban J connectivity index is 1.62. The number of thioether (sulfide) groups is 1. The van der Waals surface area contributed by atoms with Crippen molar-refractivity contribution in [3.8, 4) is 5.69 Å². The molecule has 1 aromatic carbocycles. The van der Waals surface area contributed by atoms with Crippen molar-refractivity contribution in [1.29, 1.82) is 0 Å². The van der Waals surface area contributed by atoms with Gasteiger partial charge in [0.25, 0.3) is 0 Å². The second-order valence-electron chi connectivity index (χ2n) is 7.57. The van der Waals surface area contributed by atoms with Gasteiger partial charge in [-0.15, -0.1) is 0 Å². The third-order valence-corrected chi connectivity index (χ3v) is 7.59. The van der Waals surface area contributed by atoms with Gasteiger partial charge in [0, 0.05) is 18.1 Å². The molecule has 0 spiro atoms. The van der Waals surface area contributed by atoms with Crippen molar-refractivity contribution in [1.82, 2.24) is 14.9 Å². The quantitative estimate of drug-likeness (QED) is 0.745. The lowest BCUT2D eigenvalue weighted by Gasteiger charge is -2.23. The van der Waals surface area contributed by atoms with Crippen LogP contribution < -0.4 is 5.32 Å². The summed E-state index contributed by atoms with van der Waals surface area (Å²) in [7, 11) is -3.05. The normalized spacial score (nSPS) is 21.5. The Morgan fingerprint density at radius 1 is 1.33 bits per heavy atom. The molecule has 1 aromatic heterocycles. The van der Waals surface area contributed by atoms with Crippen LogP contribution in [0.15, 0.2) is 41.8 Å². The average molecular weight is 408 g/mol. The third kappa shape index (κ3) is 4.93. The van der Waals surface area contributed by atoms with Crippen molar-refractivity contribution < 1.29 is 13.2 Å². The van der Waals surface area contributed by atoms with Crippen molar-refractivity contribution >= 4 is 27.5 Å². The van der Waals surface area contributed by atoms with Crippen molar-refractivity contribution in [2.75, 3.05) is 17.3 Å². The molecule has 0 bridgehead atoms. The number of carbonyl (C=O) groups excluding carboxylic acids is 1. The summed E-state index contributed by atoms with van der Waals surface area (Å²) >= 11 is 1.34. The molecule has 27 heavy (non-hydrogen) atoms. The fraction of sp³-hybridized carbons (Fsp3) is 0.474. The van der Waals surface area contributed by atoms with Crippen LogP contribution in [-0.2, 0) is 14.6 Å². The van der Waals surface area contributed by atoms with E-state index in [1.807, 2.05) is 22.9 Å². The number of aromatic nitrogens is 2. The topological polar surface area (TPSA) is 81.1 Å². The number of nitrogens with zero attached hydrogens (tertiary/aromatic N) is 2. The van der Waals surface area contributed by atoms with Crippen LogP contribution in [0.2, 0.25) is 0 Å². The Morgan fingerprint density at radius 3 is 2.63 bits per heavy atom. The lowest BCUT2D eigenvalue weighted by atomic mass is 10.0. The van der Waals surface area contributed by atoms with Gasteiger partial charge >= 0.3 is 0 Å². The summed E-state index contributed by atoms with van der Waals surface area (Å²) in [5, 5.41) is 3.60. The molecule has 6 nitrogen and oxygen atoms in total. The summed E-state index contributed by atoms with van der Waals surface area (Å²) < 4.78 is 25.3. The highest BCUT2D eigenvalue weighted by Crippen LogP contribution is 2.25. The van der Waals surface area contributed by atoms with Gasteiger partial charge in [-0.25, -0.2) is 13.4 Å². The standard InChI is InChI=1S/C19H25N3O3S2/c1-14(2)15-4-6-16(7-5-15)22-10-9-20-18(22)26-12-17(23)21-19(3)8-11-27(24,25)13-19/h4-7,9-10,14H,8,11-13H2,1-3H3,(H,21,23). The van der Waals surface area contributed by atoms with E-state index >= 15 is 0 Å². The minimum absolute atomic E-state index is 0.00718. The van der Waals surface area contributed by atoms with Gasteiger partial charge in [-0.2, -0.15) is 0 Å². The molecule has 1 unspecified atom stereocenters. The van der Waals surface area contributed by atoms with Crippen LogP contribution in [0, 0.1) is 0 Å². The molecule has 1 amide bonds. The zero-order valence-electron chi connectivity index (χ0n) is 15.8. The Hall–Kier alpha value is -1.80. The van der Waals surface area contributed by atoms with Crippen LogP contribution in [-0.4, -0.2) is 46.7 Å². The lowest BCUT2D eigenvalue weighted by Crippen LogP contribution is -2.47.